The fourth-order valence-corrected chi connectivity index (χ4v) is 3.34. The average Bonchev–Trinajstić information content (AvgIpc) is 3.01. The minimum atomic E-state index is -4.37. The maximum absolute atomic E-state index is 12.7. The molecule has 3 rings (SSSR count). The topological polar surface area (TPSA) is 102 Å². The molecule has 8 nitrogen and oxygen atoms in total. The minimum absolute atomic E-state index is 0.0612. The summed E-state index contributed by atoms with van der Waals surface area (Å²) < 4.78 is 62.7. The molecule has 0 unspecified atom stereocenters. The van der Waals surface area contributed by atoms with E-state index < -0.39 is 22.4 Å². The lowest BCUT2D eigenvalue weighted by molar-refractivity contribution is -0.127. The Hall–Kier alpha value is -3.15. The predicted molar refractivity (Wildman–Crippen MR) is 106 cm³/mol. The first-order valence-corrected chi connectivity index (χ1v) is 10.6. The van der Waals surface area contributed by atoms with Crippen LogP contribution in [-0.2, 0) is 16.3 Å². The second-order valence-electron chi connectivity index (χ2n) is 6.57. The van der Waals surface area contributed by atoms with Crippen molar-refractivity contribution < 1.29 is 21.6 Å². The fraction of sp³-hybridized carbons (Fsp3) is 0.278. The van der Waals surface area contributed by atoms with E-state index in [2.05, 4.69) is 25.7 Å². The summed E-state index contributed by atoms with van der Waals surface area (Å²) in [6, 6.07) is 6.20. The summed E-state index contributed by atoms with van der Waals surface area (Å²) in [4.78, 5) is 8.25. The van der Waals surface area contributed by atoms with Gasteiger partial charge in [-0.05, 0) is 31.2 Å². The summed E-state index contributed by atoms with van der Waals surface area (Å²) in [5.41, 5.74) is 1.72. The number of aryl methyl sites for hydroxylation is 1. The summed E-state index contributed by atoms with van der Waals surface area (Å²) in [6.45, 7) is 1.74. The Morgan fingerprint density at radius 2 is 1.83 bits per heavy atom. The number of hydrogen-bond acceptors (Lipinski definition) is 7. The van der Waals surface area contributed by atoms with Crippen LogP contribution in [0.2, 0.25) is 0 Å². The Morgan fingerprint density at radius 3 is 2.40 bits per heavy atom. The van der Waals surface area contributed by atoms with Crippen molar-refractivity contribution >= 4 is 27.3 Å². The normalized spacial score (nSPS) is 12.1. The maximum atomic E-state index is 12.7. The molecule has 12 heteroatoms. The molecule has 0 fully saturated rings. The summed E-state index contributed by atoms with van der Waals surface area (Å²) in [5.74, 6) is 0.187. The van der Waals surface area contributed by atoms with Gasteiger partial charge in [-0.15, -0.1) is 0 Å². The molecule has 0 aliphatic heterocycles. The lowest BCUT2D eigenvalue weighted by Crippen LogP contribution is -2.14. The lowest BCUT2D eigenvalue weighted by atomic mass is 10.2. The van der Waals surface area contributed by atoms with Gasteiger partial charge in [0.2, 0.25) is 5.95 Å². The molecule has 3 aromatic rings. The van der Waals surface area contributed by atoms with Gasteiger partial charge in [0.1, 0.15) is 5.82 Å². The number of halogens is 3. The van der Waals surface area contributed by atoms with Crippen molar-refractivity contribution in [2.45, 2.75) is 24.4 Å². The highest BCUT2D eigenvalue weighted by molar-refractivity contribution is 7.90. The van der Waals surface area contributed by atoms with E-state index in [4.69, 9.17) is 0 Å². The van der Waals surface area contributed by atoms with E-state index in [9.17, 15) is 21.6 Å². The SMILES string of the molecule is CNc1nc(Nc2cn(-c3ccc(S(C)(=O)=O)cc3)nc2C)ncc1CC(F)(F)F. The smallest absolute Gasteiger partial charge is 0.373 e. The highest BCUT2D eigenvalue weighted by Crippen LogP contribution is 2.26. The maximum Gasteiger partial charge on any atom is 0.393 e. The van der Waals surface area contributed by atoms with Crippen LogP contribution in [0.3, 0.4) is 0 Å². The van der Waals surface area contributed by atoms with Crippen LogP contribution in [0.4, 0.5) is 30.6 Å². The first kappa shape index (κ1) is 21.6. The van der Waals surface area contributed by atoms with E-state index in [1.807, 2.05) is 0 Å². The van der Waals surface area contributed by atoms with Gasteiger partial charge in [0.25, 0.3) is 0 Å². The van der Waals surface area contributed by atoms with Crippen molar-refractivity contribution in [3.63, 3.8) is 0 Å². The molecule has 2 heterocycles. The molecule has 0 atom stereocenters. The Kier molecular flexibility index (Phi) is 5.70. The van der Waals surface area contributed by atoms with Crippen LogP contribution >= 0.6 is 0 Å². The summed E-state index contributed by atoms with van der Waals surface area (Å²) >= 11 is 0. The third-order valence-corrected chi connectivity index (χ3v) is 5.30. The number of aromatic nitrogens is 4. The lowest BCUT2D eigenvalue weighted by Gasteiger charge is -2.12. The van der Waals surface area contributed by atoms with Gasteiger partial charge in [-0.2, -0.15) is 23.3 Å². The Morgan fingerprint density at radius 1 is 1.17 bits per heavy atom. The molecular formula is C18H19F3N6O2S. The van der Waals surface area contributed by atoms with Gasteiger partial charge >= 0.3 is 6.18 Å². The molecule has 30 heavy (non-hydrogen) atoms. The monoisotopic (exact) mass is 440 g/mol. The minimum Gasteiger partial charge on any atom is -0.373 e. The number of alkyl halides is 3. The second-order valence-corrected chi connectivity index (χ2v) is 8.59. The molecule has 0 saturated carbocycles. The number of rotatable bonds is 6. The Bertz CT molecular complexity index is 1160. The average molecular weight is 440 g/mol. The zero-order valence-electron chi connectivity index (χ0n) is 16.3. The zero-order chi connectivity index (χ0) is 22.1. The molecule has 2 N–H and O–H groups in total. The zero-order valence-corrected chi connectivity index (χ0v) is 17.1. The number of nitrogens with one attached hydrogen (secondary N) is 2. The molecular weight excluding hydrogens is 421 g/mol. The van der Waals surface area contributed by atoms with Crippen LogP contribution in [0.1, 0.15) is 11.3 Å². The molecule has 0 spiro atoms. The number of sulfone groups is 1. The Labute approximate surface area is 171 Å². The van der Waals surface area contributed by atoms with E-state index in [0.717, 1.165) is 12.5 Å². The second kappa shape index (κ2) is 7.94. The number of nitrogens with zero attached hydrogens (tertiary/aromatic N) is 4. The van der Waals surface area contributed by atoms with Gasteiger partial charge in [-0.3, -0.25) is 0 Å². The van der Waals surface area contributed by atoms with Gasteiger partial charge in [-0.1, -0.05) is 0 Å². The van der Waals surface area contributed by atoms with Gasteiger partial charge in [0.05, 0.1) is 34.6 Å². The molecule has 0 saturated heterocycles. The highest BCUT2D eigenvalue weighted by Gasteiger charge is 2.29. The molecule has 0 amide bonds. The van der Waals surface area contributed by atoms with Crippen LogP contribution < -0.4 is 10.6 Å². The van der Waals surface area contributed by atoms with E-state index in [1.165, 1.54) is 19.2 Å². The molecule has 0 radical (unpaired) electrons. The first-order chi connectivity index (χ1) is 14.0. The van der Waals surface area contributed by atoms with E-state index in [-0.39, 0.29) is 22.2 Å². The Balaban J connectivity index is 1.84. The summed E-state index contributed by atoms with van der Waals surface area (Å²) in [6.07, 6.45) is -1.60. The molecule has 1 aromatic carbocycles. The molecule has 0 bridgehead atoms. The highest BCUT2D eigenvalue weighted by atomic mass is 32.2. The molecule has 0 aliphatic rings. The summed E-state index contributed by atoms with van der Waals surface area (Å²) in [5, 5.41) is 9.95. The van der Waals surface area contributed by atoms with Crippen LogP contribution in [0.5, 0.6) is 0 Å². The predicted octanol–water partition coefficient (Wildman–Crippen LogP) is 3.26. The van der Waals surface area contributed by atoms with E-state index in [0.29, 0.717) is 17.1 Å². The fourth-order valence-electron chi connectivity index (χ4n) is 2.71. The van der Waals surface area contributed by atoms with Crippen LogP contribution in [0.25, 0.3) is 5.69 Å². The van der Waals surface area contributed by atoms with Crippen molar-refractivity contribution in [2.75, 3.05) is 23.9 Å². The van der Waals surface area contributed by atoms with Crippen molar-refractivity contribution in [1.29, 1.82) is 0 Å². The molecule has 0 aliphatic carbocycles. The third-order valence-electron chi connectivity index (χ3n) is 4.17. The summed E-state index contributed by atoms with van der Waals surface area (Å²) in [7, 11) is -1.82. The van der Waals surface area contributed by atoms with Crippen molar-refractivity contribution in [1.82, 2.24) is 19.7 Å². The van der Waals surface area contributed by atoms with Crippen LogP contribution in [-0.4, -0.2) is 47.6 Å². The van der Waals surface area contributed by atoms with Crippen molar-refractivity contribution in [3.8, 4) is 5.69 Å². The third kappa shape index (κ3) is 5.06. The standard InChI is InChI=1S/C18H19F3N6O2S/c1-11-15(10-27(26-11)13-4-6-14(7-5-13)30(3,28)29)24-17-23-9-12(8-18(19,20)21)16(22-2)25-17/h4-7,9-10H,8H2,1-3H3,(H2,22,23,24,25). The van der Waals surface area contributed by atoms with Gasteiger partial charge in [0.15, 0.2) is 9.84 Å². The van der Waals surface area contributed by atoms with Gasteiger partial charge in [-0.25, -0.2) is 18.1 Å². The molecule has 160 valence electrons. The van der Waals surface area contributed by atoms with E-state index in [1.54, 1.807) is 29.9 Å². The van der Waals surface area contributed by atoms with Gasteiger partial charge in [0, 0.05) is 25.1 Å². The van der Waals surface area contributed by atoms with Crippen LogP contribution in [0.15, 0.2) is 41.6 Å². The quantitative estimate of drug-likeness (QED) is 0.607. The molecule has 2 aromatic heterocycles. The van der Waals surface area contributed by atoms with Crippen molar-refractivity contribution in [3.05, 3.63) is 47.9 Å². The number of hydrogen-bond donors (Lipinski definition) is 2. The van der Waals surface area contributed by atoms with E-state index >= 15 is 0 Å². The van der Waals surface area contributed by atoms with Crippen molar-refractivity contribution in [2.24, 2.45) is 0 Å². The number of benzene rings is 1. The number of anilines is 3. The van der Waals surface area contributed by atoms with Gasteiger partial charge < -0.3 is 10.6 Å². The van der Waals surface area contributed by atoms with Crippen LogP contribution in [0, 0.1) is 6.92 Å². The largest absolute Gasteiger partial charge is 0.393 e. The first-order valence-electron chi connectivity index (χ1n) is 8.70.